The van der Waals surface area contributed by atoms with E-state index in [2.05, 4.69) is 45.4 Å². The molecule has 4 nitrogen and oxygen atoms in total. The highest BCUT2D eigenvalue weighted by atomic mass is 35.5. The van der Waals surface area contributed by atoms with Gasteiger partial charge in [0.1, 0.15) is 16.5 Å². The van der Waals surface area contributed by atoms with E-state index in [0.717, 1.165) is 9.92 Å². The molecule has 0 N–H and O–H groups in total. The molecule has 0 aliphatic heterocycles. The molecule has 6 heteroatoms. The quantitative estimate of drug-likeness (QED) is 0.523. The maximum Gasteiger partial charge on any atom is 0.254 e. The maximum atomic E-state index is 6.04. The SMILES string of the molecule is Clc1cc(Sc2ccc3ccccc3c2)n2ncnc2n1. The number of fused-ring (bicyclic) bond motifs is 2. The van der Waals surface area contributed by atoms with Crippen molar-refractivity contribution in [2.75, 3.05) is 0 Å². The van der Waals surface area contributed by atoms with Gasteiger partial charge in [-0.1, -0.05) is 53.7 Å². The largest absolute Gasteiger partial charge is 0.254 e. The maximum absolute atomic E-state index is 6.04. The third-order valence-corrected chi connectivity index (χ3v) is 4.31. The molecule has 4 aromatic rings. The molecule has 4 rings (SSSR count). The summed E-state index contributed by atoms with van der Waals surface area (Å²) in [6, 6.07) is 16.4. The number of halogens is 1. The molecule has 0 saturated heterocycles. The van der Waals surface area contributed by atoms with Crippen molar-refractivity contribution in [3.05, 3.63) is 60.0 Å². The Kier molecular flexibility index (Phi) is 3.02. The van der Waals surface area contributed by atoms with E-state index in [1.54, 1.807) is 22.3 Å². The summed E-state index contributed by atoms with van der Waals surface area (Å²) >= 11 is 7.62. The lowest BCUT2D eigenvalue weighted by Gasteiger charge is -2.05. The van der Waals surface area contributed by atoms with E-state index in [9.17, 15) is 0 Å². The van der Waals surface area contributed by atoms with Gasteiger partial charge in [-0.15, -0.1) is 0 Å². The number of nitrogens with zero attached hydrogens (tertiary/aromatic N) is 4. The van der Waals surface area contributed by atoms with Crippen LogP contribution in [0, 0.1) is 0 Å². The van der Waals surface area contributed by atoms with Gasteiger partial charge in [0.25, 0.3) is 5.78 Å². The van der Waals surface area contributed by atoms with Crippen molar-refractivity contribution in [2.45, 2.75) is 9.92 Å². The molecule has 21 heavy (non-hydrogen) atoms. The molecule has 0 aliphatic rings. The second-order valence-electron chi connectivity index (χ2n) is 4.50. The van der Waals surface area contributed by atoms with Gasteiger partial charge in [0.2, 0.25) is 0 Å². The summed E-state index contributed by atoms with van der Waals surface area (Å²) in [4.78, 5) is 9.32. The van der Waals surface area contributed by atoms with Gasteiger partial charge in [0, 0.05) is 11.0 Å². The third kappa shape index (κ3) is 2.34. The Labute approximate surface area is 129 Å². The van der Waals surface area contributed by atoms with Crippen molar-refractivity contribution in [3.63, 3.8) is 0 Å². The lowest BCUT2D eigenvalue weighted by atomic mass is 10.1. The summed E-state index contributed by atoms with van der Waals surface area (Å²) in [5.74, 6) is 0.505. The van der Waals surface area contributed by atoms with E-state index < -0.39 is 0 Å². The minimum atomic E-state index is 0.416. The van der Waals surface area contributed by atoms with Crippen LogP contribution in [0.15, 0.2) is 64.8 Å². The Balaban J connectivity index is 1.80. The Hall–Kier alpha value is -2.11. The smallest absolute Gasteiger partial charge is 0.199 e. The molecule has 0 unspecified atom stereocenters. The standard InChI is InChI=1S/C15H9ClN4S/c16-13-8-14(20-15(19-13)17-9-18-20)21-12-6-5-10-3-1-2-4-11(10)7-12/h1-9H. The number of benzene rings is 2. The highest BCUT2D eigenvalue weighted by Crippen LogP contribution is 2.31. The molecule has 0 atom stereocenters. The first-order valence-corrected chi connectivity index (χ1v) is 7.52. The fourth-order valence-electron chi connectivity index (χ4n) is 2.18. The summed E-state index contributed by atoms with van der Waals surface area (Å²) in [6.45, 7) is 0. The summed E-state index contributed by atoms with van der Waals surface area (Å²) < 4.78 is 1.69. The molecule has 0 fully saturated rings. The topological polar surface area (TPSA) is 43.1 Å². The van der Waals surface area contributed by atoms with Gasteiger partial charge in [-0.3, -0.25) is 0 Å². The second-order valence-corrected chi connectivity index (χ2v) is 5.98. The molecule has 0 spiro atoms. The fraction of sp³-hybridized carbons (Fsp3) is 0. The molecule has 2 aromatic carbocycles. The highest BCUT2D eigenvalue weighted by Gasteiger charge is 2.08. The first kappa shape index (κ1) is 12.6. The lowest BCUT2D eigenvalue weighted by molar-refractivity contribution is 0.842. The molecule has 2 heterocycles. The van der Waals surface area contributed by atoms with Crippen LogP contribution in [-0.4, -0.2) is 19.6 Å². The van der Waals surface area contributed by atoms with E-state index in [-0.39, 0.29) is 0 Å². The molecule has 0 aliphatic carbocycles. The first-order chi connectivity index (χ1) is 10.3. The van der Waals surface area contributed by atoms with E-state index >= 15 is 0 Å². The minimum Gasteiger partial charge on any atom is -0.199 e. The normalized spacial score (nSPS) is 11.3. The molecule has 102 valence electrons. The van der Waals surface area contributed by atoms with Gasteiger partial charge in [-0.25, -0.2) is 0 Å². The highest BCUT2D eigenvalue weighted by molar-refractivity contribution is 7.99. The summed E-state index contributed by atoms with van der Waals surface area (Å²) in [7, 11) is 0. The Morgan fingerprint density at radius 3 is 2.76 bits per heavy atom. The van der Waals surface area contributed by atoms with E-state index in [1.807, 2.05) is 12.1 Å². The predicted octanol–water partition coefficient (Wildman–Crippen LogP) is 4.08. The number of rotatable bonds is 2. The van der Waals surface area contributed by atoms with Crippen molar-refractivity contribution in [2.24, 2.45) is 0 Å². The lowest BCUT2D eigenvalue weighted by Crippen LogP contribution is -1.95. The van der Waals surface area contributed by atoms with Gasteiger partial charge in [-0.05, 0) is 22.9 Å². The molecule has 2 aromatic heterocycles. The van der Waals surface area contributed by atoms with Crippen LogP contribution in [0.4, 0.5) is 0 Å². The monoisotopic (exact) mass is 312 g/mol. The Morgan fingerprint density at radius 1 is 1.00 bits per heavy atom. The molecule has 0 saturated carbocycles. The van der Waals surface area contributed by atoms with Crippen molar-refractivity contribution in [3.8, 4) is 0 Å². The van der Waals surface area contributed by atoms with Crippen molar-refractivity contribution >= 4 is 39.9 Å². The van der Waals surface area contributed by atoms with E-state index in [4.69, 9.17) is 11.6 Å². The van der Waals surface area contributed by atoms with Crippen molar-refractivity contribution in [1.29, 1.82) is 0 Å². The van der Waals surface area contributed by atoms with Crippen molar-refractivity contribution < 1.29 is 0 Å². The molecular formula is C15H9ClN4S. The van der Waals surface area contributed by atoms with Crippen LogP contribution in [0.2, 0.25) is 5.15 Å². The van der Waals surface area contributed by atoms with E-state index in [0.29, 0.717) is 10.9 Å². The van der Waals surface area contributed by atoms with Gasteiger partial charge >= 0.3 is 0 Å². The van der Waals surface area contributed by atoms with Crippen LogP contribution in [0.3, 0.4) is 0 Å². The molecule has 0 radical (unpaired) electrons. The van der Waals surface area contributed by atoms with Gasteiger partial charge in [-0.2, -0.15) is 19.6 Å². The van der Waals surface area contributed by atoms with Crippen molar-refractivity contribution in [1.82, 2.24) is 19.6 Å². The summed E-state index contributed by atoms with van der Waals surface area (Å²) in [5, 5.41) is 7.91. The Morgan fingerprint density at radius 2 is 1.86 bits per heavy atom. The van der Waals surface area contributed by atoms with Gasteiger partial charge in [0.15, 0.2) is 0 Å². The summed E-state index contributed by atoms with van der Waals surface area (Å²) in [5.41, 5.74) is 0. The van der Waals surface area contributed by atoms with Crippen LogP contribution >= 0.6 is 23.4 Å². The zero-order chi connectivity index (χ0) is 14.2. The minimum absolute atomic E-state index is 0.416. The van der Waals surface area contributed by atoms with Gasteiger partial charge < -0.3 is 0 Å². The zero-order valence-electron chi connectivity index (χ0n) is 10.8. The van der Waals surface area contributed by atoms with Crippen LogP contribution in [0.5, 0.6) is 0 Å². The molecular weight excluding hydrogens is 304 g/mol. The average molecular weight is 313 g/mol. The van der Waals surface area contributed by atoms with Crippen LogP contribution in [-0.2, 0) is 0 Å². The number of hydrogen-bond donors (Lipinski definition) is 0. The fourth-order valence-corrected chi connectivity index (χ4v) is 3.38. The second kappa shape index (κ2) is 5.02. The van der Waals surface area contributed by atoms with Crippen LogP contribution < -0.4 is 0 Å². The van der Waals surface area contributed by atoms with Crippen LogP contribution in [0.25, 0.3) is 16.6 Å². The molecule has 0 amide bonds. The third-order valence-electron chi connectivity index (χ3n) is 3.13. The first-order valence-electron chi connectivity index (χ1n) is 6.32. The van der Waals surface area contributed by atoms with Gasteiger partial charge in [0.05, 0.1) is 0 Å². The number of hydrogen-bond acceptors (Lipinski definition) is 4. The Bertz CT molecular complexity index is 951. The van der Waals surface area contributed by atoms with E-state index in [1.165, 1.54) is 17.1 Å². The molecule has 0 bridgehead atoms. The van der Waals surface area contributed by atoms with Crippen LogP contribution in [0.1, 0.15) is 0 Å². The summed E-state index contributed by atoms with van der Waals surface area (Å²) in [6.07, 6.45) is 1.48. The average Bonchev–Trinajstić information content (AvgIpc) is 2.95. The predicted molar refractivity (Wildman–Crippen MR) is 83.9 cm³/mol. The number of aromatic nitrogens is 4. The zero-order valence-corrected chi connectivity index (χ0v) is 12.3.